The minimum atomic E-state index is -1.00. The van der Waals surface area contributed by atoms with Crippen molar-refractivity contribution in [3.8, 4) is 5.75 Å². The van der Waals surface area contributed by atoms with Gasteiger partial charge in [-0.25, -0.2) is 0 Å². The highest BCUT2D eigenvalue weighted by Gasteiger charge is 2.28. The summed E-state index contributed by atoms with van der Waals surface area (Å²) in [6, 6.07) is 5.06. The number of hydrogen-bond donors (Lipinski definition) is 1. The Bertz CT molecular complexity index is 440. The second-order valence-electron chi connectivity index (χ2n) is 4.25. The van der Waals surface area contributed by atoms with Gasteiger partial charge in [0.2, 0.25) is 0 Å². The van der Waals surface area contributed by atoms with Crippen LogP contribution in [0.4, 0.5) is 0 Å². The fourth-order valence-corrected chi connectivity index (χ4v) is 1.58. The van der Waals surface area contributed by atoms with Crippen LogP contribution in [-0.2, 0) is 4.79 Å². The molecule has 0 unspecified atom stereocenters. The fraction of sp³-hybridized carbons (Fsp3) is 0.333. The van der Waals surface area contributed by atoms with Crippen LogP contribution in [0, 0.1) is 5.41 Å². The van der Waals surface area contributed by atoms with Crippen molar-refractivity contribution in [1.82, 2.24) is 0 Å². The van der Waals surface area contributed by atoms with Gasteiger partial charge >= 0.3 is 5.97 Å². The Labute approximate surface area is 108 Å². The van der Waals surface area contributed by atoms with Crippen molar-refractivity contribution in [1.29, 1.82) is 0 Å². The van der Waals surface area contributed by atoms with Gasteiger partial charge in [0, 0.05) is 0 Å². The number of aldehydes is 1. The monoisotopic (exact) mass is 300 g/mol. The zero-order valence-electron chi connectivity index (χ0n) is 9.57. The summed E-state index contributed by atoms with van der Waals surface area (Å²) in [6.45, 7) is 3.12. The third-order valence-electron chi connectivity index (χ3n) is 2.28. The normalized spacial score (nSPS) is 11.0. The molecule has 0 bridgehead atoms. The van der Waals surface area contributed by atoms with Crippen molar-refractivity contribution in [3.05, 3.63) is 28.2 Å². The van der Waals surface area contributed by atoms with Gasteiger partial charge in [0.05, 0.1) is 15.5 Å². The van der Waals surface area contributed by atoms with E-state index in [1.165, 1.54) is 0 Å². The number of carboxylic acid groups (broad SMARTS) is 1. The molecule has 0 saturated heterocycles. The number of benzene rings is 1. The molecule has 1 rings (SSSR count). The quantitative estimate of drug-likeness (QED) is 0.849. The van der Waals surface area contributed by atoms with E-state index in [-0.39, 0.29) is 6.61 Å². The topological polar surface area (TPSA) is 63.6 Å². The molecule has 0 aliphatic rings. The molecule has 0 aromatic heterocycles. The van der Waals surface area contributed by atoms with Crippen LogP contribution in [0.3, 0.4) is 0 Å². The van der Waals surface area contributed by atoms with Crippen LogP contribution in [0.25, 0.3) is 0 Å². The van der Waals surface area contributed by atoms with Gasteiger partial charge in [-0.1, -0.05) is 6.07 Å². The Morgan fingerprint density at radius 3 is 2.71 bits per heavy atom. The van der Waals surface area contributed by atoms with Gasteiger partial charge in [0.25, 0.3) is 0 Å². The number of rotatable bonds is 5. The maximum atomic E-state index is 10.9. The summed E-state index contributed by atoms with van der Waals surface area (Å²) in [5.74, 6) is -0.575. The second kappa shape index (κ2) is 5.31. The molecule has 0 atom stereocenters. The van der Waals surface area contributed by atoms with Crippen molar-refractivity contribution in [3.63, 3.8) is 0 Å². The summed E-state index contributed by atoms with van der Waals surface area (Å²) in [4.78, 5) is 21.7. The summed E-state index contributed by atoms with van der Waals surface area (Å²) >= 11 is 3.26. The zero-order chi connectivity index (χ0) is 13.1. The van der Waals surface area contributed by atoms with E-state index in [0.29, 0.717) is 22.1 Å². The van der Waals surface area contributed by atoms with E-state index in [4.69, 9.17) is 9.84 Å². The van der Waals surface area contributed by atoms with Gasteiger partial charge < -0.3 is 9.84 Å². The molecule has 0 radical (unpaired) electrons. The first-order chi connectivity index (χ1) is 7.88. The average molecular weight is 301 g/mol. The number of carboxylic acids is 1. The van der Waals surface area contributed by atoms with Gasteiger partial charge in [-0.15, -0.1) is 0 Å². The summed E-state index contributed by atoms with van der Waals surface area (Å²) in [5.41, 5.74) is -0.615. The molecule has 0 fully saturated rings. The van der Waals surface area contributed by atoms with Crippen LogP contribution in [0.5, 0.6) is 5.75 Å². The summed E-state index contributed by atoms with van der Waals surface area (Å²) in [6.07, 6.45) is 0.674. The summed E-state index contributed by atoms with van der Waals surface area (Å²) < 4.78 is 6.05. The first-order valence-corrected chi connectivity index (χ1v) is 5.77. The van der Waals surface area contributed by atoms with Gasteiger partial charge in [-0.2, -0.15) is 0 Å². The van der Waals surface area contributed by atoms with E-state index in [9.17, 15) is 9.59 Å². The highest BCUT2D eigenvalue weighted by Crippen LogP contribution is 2.29. The van der Waals surface area contributed by atoms with Crippen molar-refractivity contribution in [2.24, 2.45) is 5.41 Å². The minimum absolute atomic E-state index is 0.00815. The maximum absolute atomic E-state index is 10.9. The third-order valence-corrected chi connectivity index (χ3v) is 2.91. The van der Waals surface area contributed by atoms with E-state index in [0.717, 1.165) is 0 Å². The Morgan fingerprint density at radius 1 is 1.53 bits per heavy atom. The van der Waals surface area contributed by atoms with E-state index in [2.05, 4.69) is 15.9 Å². The molecule has 1 aromatic carbocycles. The molecule has 5 heteroatoms. The van der Waals surface area contributed by atoms with Crippen LogP contribution in [0.1, 0.15) is 24.2 Å². The van der Waals surface area contributed by atoms with E-state index < -0.39 is 11.4 Å². The number of halogens is 1. The molecule has 0 spiro atoms. The standard InChI is InChI=1S/C12H13BrO4/c1-12(2,11(15)16)7-17-10-8(6-14)4-3-5-9(10)13/h3-6H,7H2,1-2H3,(H,15,16). The Hall–Kier alpha value is -1.36. The predicted molar refractivity (Wildman–Crippen MR) is 66.4 cm³/mol. The average Bonchev–Trinajstić information content (AvgIpc) is 2.26. The van der Waals surface area contributed by atoms with Crippen molar-refractivity contribution in [2.75, 3.05) is 6.61 Å². The lowest BCUT2D eigenvalue weighted by molar-refractivity contribution is -0.148. The van der Waals surface area contributed by atoms with Crippen LogP contribution in [0.2, 0.25) is 0 Å². The predicted octanol–water partition coefficient (Wildman–Crippen LogP) is 2.75. The number of hydrogen-bond acceptors (Lipinski definition) is 3. The second-order valence-corrected chi connectivity index (χ2v) is 5.11. The minimum Gasteiger partial charge on any atom is -0.490 e. The molecular formula is C12H13BrO4. The molecule has 1 N–H and O–H groups in total. The summed E-state index contributed by atoms with van der Waals surface area (Å²) in [7, 11) is 0. The SMILES string of the molecule is CC(C)(COc1c(Br)cccc1C=O)C(=O)O. The Morgan fingerprint density at radius 2 is 2.18 bits per heavy atom. The smallest absolute Gasteiger partial charge is 0.312 e. The Balaban J connectivity index is 2.89. The van der Waals surface area contributed by atoms with E-state index >= 15 is 0 Å². The molecule has 92 valence electrons. The zero-order valence-corrected chi connectivity index (χ0v) is 11.2. The molecule has 0 amide bonds. The van der Waals surface area contributed by atoms with E-state index in [1.54, 1.807) is 32.0 Å². The summed E-state index contributed by atoms with van der Waals surface area (Å²) in [5, 5.41) is 8.95. The molecule has 4 nitrogen and oxygen atoms in total. The lowest BCUT2D eigenvalue weighted by Crippen LogP contribution is -2.30. The first-order valence-electron chi connectivity index (χ1n) is 4.98. The van der Waals surface area contributed by atoms with Gasteiger partial charge in [-0.05, 0) is 41.9 Å². The number of ether oxygens (including phenoxy) is 1. The molecule has 0 aliphatic carbocycles. The van der Waals surface area contributed by atoms with Crippen LogP contribution in [0.15, 0.2) is 22.7 Å². The van der Waals surface area contributed by atoms with E-state index in [1.807, 2.05) is 0 Å². The van der Waals surface area contributed by atoms with Crippen LogP contribution >= 0.6 is 15.9 Å². The molecular weight excluding hydrogens is 288 g/mol. The fourth-order valence-electron chi connectivity index (χ4n) is 1.08. The van der Waals surface area contributed by atoms with Crippen molar-refractivity contribution in [2.45, 2.75) is 13.8 Å². The number of aliphatic carboxylic acids is 1. The molecule has 0 saturated carbocycles. The van der Waals surface area contributed by atoms with Crippen LogP contribution in [-0.4, -0.2) is 24.0 Å². The largest absolute Gasteiger partial charge is 0.490 e. The van der Waals surface area contributed by atoms with Gasteiger partial charge in [0.15, 0.2) is 6.29 Å². The van der Waals surface area contributed by atoms with Crippen molar-refractivity contribution >= 4 is 28.2 Å². The number of carbonyl (C=O) groups excluding carboxylic acids is 1. The van der Waals surface area contributed by atoms with Gasteiger partial charge in [-0.3, -0.25) is 9.59 Å². The number of para-hydroxylation sites is 1. The molecule has 1 aromatic rings. The molecule has 0 aliphatic heterocycles. The van der Waals surface area contributed by atoms with Crippen LogP contribution < -0.4 is 4.74 Å². The molecule has 17 heavy (non-hydrogen) atoms. The van der Waals surface area contributed by atoms with Gasteiger partial charge in [0.1, 0.15) is 12.4 Å². The maximum Gasteiger partial charge on any atom is 0.312 e. The lowest BCUT2D eigenvalue weighted by Gasteiger charge is -2.20. The first kappa shape index (κ1) is 13.7. The van der Waals surface area contributed by atoms with Crippen molar-refractivity contribution < 1.29 is 19.4 Å². The lowest BCUT2D eigenvalue weighted by atomic mass is 9.95. The number of carbonyl (C=O) groups is 2. The highest BCUT2D eigenvalue weighted by atomic mass is 79.9. The third kappa shape index (κ3) is 3.30. The molecule has 0 heterocycles. The Kier molecular flexibility index (Phi) is 4.28. The highest BCUT2D eigenvalue weighted by molar-refractivity contribution is 9.10.